The Balaban J connectivity index is 2.52. The third-order valence-corrected chi connectivity index (χ3v) is 2.87. The van der Waals surface area contributed by atoms with Crippen LogP contribution in [0.25, 0.3) is 11.1 Å². The molecule has 0 saturated carbocycles. The lowest BCUT2D eigenvalue weighted by Gasteiger charge is -2.07. The highest BCUT2D eigenvalue weighted by molar-refractivity contribution is 9.10. The van der Waals surface area contributed by atoms with Crippen LogP contribution in [0.3, 0.4) is 0 Å². The zero-order chi connectivity index (χ0) is 12.4. The molecular weight excluding hydrogens is 285 g/mol. The predicted molar refractivity (Wildman–Crippen MR) is 70.5 cm³/mol. The number of nitrogen functional groups attached to an aromatic ring is 1. The van der Waals surface area contributed by atoms with Gasteiger partial charge in [0, 0.05) is 21.8 Å². The molecule has 0 aromatic heterocycles. The number of nitrogens with two attached hydrogens (primary N) is 1. The van der Waals surface area contributed by atoms with Gasteiger partial charge in [-0.15, -0.1) is 0 Å². The molecule has 0 aliphatic carbocycles. The Bertz CT molecular complexity index is 537. The fourth-order valence-corrected chi connectivity index (χ4v) is 2.14. The maximum absolute atomic E-state index is 13.9. The molecule has 2 aromatic carbocycles. The molecule has 2 rings (SSSR count). The molecule has 0 atom stereocenters. The predicted octanol–water partition coefficient (Wildman–Crippen LogP) is 3.85. The first-order valence-electron chi connectivity index (χ1n) is 5.00. The molecular formula is C13H11BrFNO. The van der Waals surface area contributed by atoms with Crippen molar-refractivity contribution in [2.24, 2.45) is 0 Å². The van der Waals surface area contributed by atoms with Crippen molar-refractivity contribution < 1.29 is 9.13 Å². The molecule has 0 heterocycles. The number of methoxy groups -OCH3 is 1. The van der Waals surface area contributed by atoms with E-state index in [2.05, 4.69) is 15.9 Å². The molecule has 17 heavy (non-hydrogen) atoms. The van der Waals surface area contributed by atoms with Crippen LogP contribution < -0.4 is 10.5 Å². The number of halogens is 2. The summed E-state index contributed by atoms with van der Waals surface area (Å²) < 4.78 is 19.6. The van der Waals surface area contributed by atoms with E-state index in [-0.39, 0.29) is 5.82 Å². The lowest BCUT2D eigenvalue weighted by Crippen LogP contribution is -1.90. The Kier molecular flexibility index (Phi) is 3.33. The number of anilines is 1. The molecule has 0 aliphatic heterocycles. The Morgan fingerprint density at radius 3 is 2.53 bits per heavy atom. The normalized spacial score (nSPS) is 10.3. The Labute approximate surface area is 107 Å². The highest BCUT2D eigenvalue weighted by Crippen LogP contribution is 2.30. The Morgan fingerprint density at radius 2 is 1.94 bits per heavy atom. The second-order valence-corrected chi connectivity index (χ2v) is 4.53. The van der Waals surface area contributed by atoms with Crippen molar-refractivity contribution in [3.05, 3.63) is 46.7 Å². The molecule has 0 radical (unpaired) electrons. The topological polar surface area (TPSA) is 35.2 Å². The molecule has 0 unspecified atom stereocenters. The maximum Gasteiger partial charge on any atom is 0.134 e. The third kappa shape index (κ3) is 2.58. The van der Waals surface area contributed by atoms with Gasteiger partial charge in [-0.05, 0) is 35.9 Å². The smallest absolute Gasteiger partial charge is 0.134 e. The minimum atomic E-state index is -0.332. The number of rotatable bonds is 2. The molecule has 0 bridgehead atoms. The van der Waals surface area contributed by atoms with Gasteiger partial charge >= 0.3 is 0 Å². The van der Waals surface area contributed by atoms with E-state index in [9.17, 15) is 4.39 Å². The average Bonchev–Trinajstić information content (AvgIpc) is 2.27. The summed E-state index contributed by atoms with van der Waals surface area (Å²) >= 11 is 3.34. The number of ether oxygens (including phenoxy) is 1. The molecule has 2 N–H and O–H groups in total. The van der Waals surface area contributed by atoms with Crippen molar-refractivity contribution in [2.75, 3.05) is 12.8 Å². The molecule has 88 valence electrons. The maximum atomic E-state index is 13.9. The van der Waals surface area contributed by atoms with E-state index in [0.29, 0.717) is 17.0 Å². The number of hydrogen-bond acceptors (Lipinski definition) is 2. The van der Waals surface area contributed by atoms with E-state index in [1.54, 1.807) is 24.3 Å². The average molecular weight is 296 g/mol. The van der Waals surface area contributed by atoms with E-state index in [1.807, 2.05) is 6.07 Å². The van der Waals surface area contributed by atoms with Gasteiger partial charge in [-0.1, -0.05) is 15.9 Å². The van der Waals surface area contributed by atoms with Crippen LogP contribution in [-0.2, 0) is 0 Å². The summed E-state index contributed by atoms with van der Waals surface area (Å²) in [6.07, 6.45) is 0. The second kappa shape index (κ2) is 4.75. The Hall–Kier alpha value is -1.55. The van der Waals surface area contributed by atoms with Gasteiger partial charge in [-0.3, -0.25) is 0 Å². The molecule has 0 aliphatic rings. The molecule has 0 fully saturated rings. The Morgan fingerprint density at radius 1 is 1.18 bits per heavy atom. The SMILES string of the molecule is COc1ccc(-c2cc(N)cc(Br)c2)c(F)c1. The van der Waals surface area contributed by atoms with Gasteiger partial charge in [-0.25, -0.2) is 4.39 Å². The van der Waals surface area contributed by atoms with Crippen molar-refractivity contribution in [1.29, 1.82) is 0 Å². The number of benzene rings is 2. The van der Waals surface area contributed by atoms with Crippen LogP contribution in [0.2, 0.25) is 0 Å². The van der Waals surface area contributed by atoms with Gasteiger partial charge in [0.2, 0.25) is 0 Å². The lowest BCUT2D eigenvalue weighted by atomic mass is 10.0. The van der Waals surface area contributed by atoms with Gasteiger partial charge in [0.05, 0.1) is 7.11 Å². The van der Waals surface area contributed by atoms with Gasteiger partial charge in [0.15, 0.2) is 0 Å². The van der Waals surface area contributed by atoms with Crippen LogP contribution in [0.5, 0.6) is 5.75 Å². The van der Waals surface area contributed by atoms with Crippen LogP contribution in [0.4, 0.5) is 10.1 Å². The molecule has 2 aromatic rings. The summed E-state index contributed by atoms with van der Waals surface area (Å²) in [6.45, 7) is 0. The zero-order valence-electron chi connectivity index (χ0n) is 9.21. The van der Waals surface area contributed by atoms with Crippen molar-refractivity contribution in [3.8, 4) is 16.9 Å². The summed E-state index contributed by atoms with van der Waals surface area (Å²) in [4.78, 5) is 0. The van der Waals surface area contributed by atoms with Crippen LogP contribution in [-0.4, -0.2) is 7.11 Å². The molecule has 2 nitrogen and oxygen atoms in total. The summed E-state index contributed by atoms with van der Waals surface area (Å²) in [5.41, 5.74) is 7.55. The summed E-state index contributed by atoms with van der Waals surface area (Å²) in [5, 5.41) is 0. The number of hydrogen-bond donors (Lipinski definition) is 1. The molecule has 0 amide bonds. The van der Waals surface area contributed by atoms with Crippen LogP contribution in [0.1, 0.15) is 0 Å². The lowest BCUT2D eigenvalue weighted by molar-refractivity contribution is 0.411. The third-order valence-electron chi connectivity index (χ3n) is 2.41. The van der Waals surface area contributed by atoms with E-state index in [1.165, 1.54) is 13.2 Å². The first-order valence-corrected chi connectivity index (χ1v) is 5.79. The molecule has 0 spiro atoms. The van der Waals surface area contributed by atoms with Crippen molar-refractivity contribution in [2.45, 2.75) is 0 Å². The van der Waals surface area contributed by atoms with E-state index >= 15 is 0 Å². The first-order chi connectivity index (χ1) is 8.10. The largest absolute Gasteiger partial charge is 0.497 e. The van der Waals surface area contributed by atoms with Crippen molar-refractivity contribution in [1.82, 2.24) is 0 Å². The summed E-state index contributed by atoms with van der Waals surface area (Å²) in [7, 11) is 1.51. The van der Waals surface area contributed by atoms with Crippen LogP contribution >= 0.6 is 15.9 Å². The van der Waals surface area contributed by atoms with E-state index in [4.69, 9.17) is 10.5 Å². The van der Waals surface area contributed by atoms with Gasteiger partial charge < -0.3 is 10.5 Å². The van der Waals surface area contributed by atoms with Crippen LogP contribution in [0.15, 0.2) is 40.9 Å². The highest BCUT2D eigenvalue weighted by Gasteiger charge is 2.07. The van der Waals surface area contributed by atoms with Crippen molar-refractivity contribution in [3.63, 3.8) is 0 Å². The zero-order valence-corrected chi connectivity index (χ0v) is 10.8. The van der Waals surface area contributed by atoms with Gasteiger partial charge in [0.1, 0.15) is 11.6 Å². The van der Waals surface area contributed by atoms with Crippen LogP contribution in [0, 0.1) is 5.82 Å². The fourth-order valence-electron chi connectivity index (χ4n) is 1.62. The minimum Gasteiger partial charge on any atom is -0.497 e. The molecule has 4 heteroatoms. The second-order valence-electron chi connectivity index (χ2n) is 3.62. The monoisotopic (exact) mass is 295 g/mol. The van der Waals surface area contributed by atoms with Gasteiger partial charge in [-0.2, -0.15) is 0 Å². The quantitative estimate of drug-likeness (QED) is 0.854. The van der Waals surface area contributed by atoms with Crippen molar-refractivity contribution >= 4 is 21.6 Å². The van der Waals surface area contributed by atoms with Gasteiger partial charge in [0.25, 0.3) is 0 Å². The van der Waals surface area contributed by atoms with E-state index < -0.39 is 0 Å². The first kappa shape index (κ1) is 11.9. The standard InChI is InChI=1S/C13H11BrFNO/c1-17-11-2-3-12(13(15)7-11)8-4-9(14)6-10(16)5-8/h2-7H,16H2,1H3. The summed E-state index contributed by atoms with van der Waals surface area (Å²) in [5.74, 6) is 0.163. The highest BCUT2D eigenvalue weighted by atomic mass is 79.9. The minimum absolute atomic E-state index is 0.332. The van der Waals surface area contributed by atoms with E-state index in [0.717, 1.165) is 10.0 Å². The molecule has 0 saturated heterocycles. The fraction of sp³-hybridized carbons (Fsp3) is 0.0769. The summed E-state index contributed by atoms with van der Waals surface area (Å²) in [6, 6.07) is 10.1.